The SMILES string of the molecule is CCOC(=O)CCN(C)Cc1ccc(F)cc1. The molecule has 1 aromatic rings. The highest BCUT2D eigenvalue weighted by Crippen LogP contribution is 2.05. The summed E-state index contributed by atoms with van der Waals surface area (Å²) in [5.74, 6) is -0.415. The van der Waals surface area contributed by atoms with Crippen molar-refractivity contribution < 1.29 is 13.9 Å². The molecule has 94 valence electrons. The summed E-state index contributed by atoms with van der Waals surface area (Å²) in [5.41, 5.74) is 1.03. The van der Waals surface area contributed by atoms with Crippen molar-refractivity contribution in [2.75, 3.05) is 20.2 Å². The summed E-state index contributed by atoms with van der Waals surface area (Å²) in [7, 11) is 1.92. The lowest BCUT2D eigenvalue weighted by atomic mass is 10.2. The van der Waals surface area contributed by atoms with Crippen LogP contribution >= 0.6 is 0 Å². The van der Waals surface area contributed by atoms with E-state index in [2.05, 4.69) is 0 Å². The summed E-state index contributed by atoms with van der Waals surface area (Å²) in [5, 5.41) is 0. The van der Waals surface area contributed by atoms with E-state index in [0.717, 1.165) is 5.56 Å². The Morgan fingerprint density at radius 3 is 2.59 bits per heavy atom. The standard InChI is InChI=1S/C13H18FNO2/c1-3-17-13(16)8-9-15(2)10-11-4-6-12(14)7-5-11/h4-7H,3,8-10H2,1-2H3. The Morgan fingerprint density at radius 1 is 1.35 bits per heavy atom. The number of hydrogen-bond acceptors (Lipinski definition) is 3. The van der Waals surface area contributed by atoms with E-state index in [1.54, 1.807) is 19.1 Å². The van der Waals surface area contributed by atoms with Crippen LogP contribution in [0.25, 0.3) is 0 Å². The quantitative estimate of drug-likeness (QED) is 0.713. The van der Waals surface area contributed by atoms with Gasteiger partial charge in [-0.1, -0.05) is 12.1 Å². The van der Waals surface area contributed by atoms with E-state index in [0.29, 0.717) is 26.1 Å². The van der Waals surface area contributed by atoms with Gasteiger partial charge in [0, 0.05) is 13.1 Å². The fourth-order valence-corrected chi connectivity index (χ4v) is 1.50. The molecule has 1 rings (SSSR count). The van der Waals surface area contributed by atoms with Crippen molar-refractivity contribution in [2.24, 2.45) is 0 Å². The van der Waals surface area contributed by atoms with E-state index in [-0.39, 0.29) is 11.8 Å². The van der Waals surface area contributed by atoms with Gasteiger partial charge < -0.3 is 9.64 Å². The van der Waals surface area contributed by atoms with Crippen LogP contribution in [0, 0.1) is 5.82 Å². The third-order valence-corrected chi connectivity index (χ3v) is 2.37. The molecular weight excluding hydrogens is 221 g/mol. The number of halogens is 1. The predicted molar refractivity (Wildman–Crippen MR) is 64.0 cm³/mol. The zero-order valence-electron chi connectivity index (χ0n) is 10.3. The summed E-state index contributed by atoms with van der Waals surface area (Å²) >= 11 is 0. The van der Waals surface area contributed by atoms with E-state index in [1.807, 2.05) is 11.9 Å². The molecule has 0 amide bonds. The first-order chi connectivity index (χ1) is 8.11. The number of rotatable bonds is 6. The first-order valence-corrected chi connectivity index (χ1v) is 5.70. The molecule has 0 aromatic heterocycles. The van der Waals surface area contributed by atoms with Crippen LogP contribution in [0.3, 0.4) is 0 Å². The van der Waals surface area contributed by atoms with Crippen LogP contribution in [0.5, 0.6) is 0 Å². The number of nitrogens with zero attached hydrogens (tertiary/aromatic N) is 1. The molecule has 1 aromatic carbocycles. The van der Waals surface area contributed by atoms with E-state index in [9.17, 15) is 9.18 Å². The predicted octanol–water partition coefficient (Wildman–Crippen LogP) is 2.21. The summed E-state index contributed by atoms with van der Waals surface area (Å²) < 4.78 is 17.5. The van der Waals surface area contributed by atoms with Crippen LogP contribution in [-0.2, 0) is 16.1 Å². The smallest absolute Gasteiger partial charge is 0.307 e. The molecule has 0 spiro atoms. The molecular formula is C13H18FNO2. The Balaban J connectivity index is 2.31. The summed E-state index contributed by atoms with van der Waals surface area (Å²) in [6.07, 6.45) is 0.380. The van der Waals surface area contributed by atoms with Crippen molar-refractivity contribution >= 4 is 5.97 Å². The highest BCUT2D eigenvalue weighted by Gasteiger charge is 2.05. The number of carbonyl (C=O) groups is 1. The molecule has 4 heteroatoms. The van der Waals surface area contributed by atoms with E-state index in [4.69, 9.17) is 4.74 Å². The third kappa shape index (κ3) is 5.45. The molecule has 0 aliphatic rings. The lowest BCUT2D eigenvalue weighted by Gasteiger charge is -2.15. The average Bonchev–Trinajstić information content (AvgIpc) is 2.30. The molecule has 0 unspecified atom stereocenters. The second-order valence-corrected chi connectivity index (χ2v) is 3.92. The Labute approximate surface area is 101 Å². The number of carbonyl (C=O) groups excluding carboxylic acids is 1. The van der Waals surface area contributed by atoms with Crippen LogP contribution in [-0.4, -0.2) is 31.1 Å². The molecule has 0 N–H and O–H groups in total. The third-order valence-electron chi connectivity index (χ3n) is 2.37. The topological polar surface area (TPSA) is 29.5 Å². The lowest BCUT2D eigenvalue weighted by Crippen LogP contribution is -2.22. The van der Waals surface area contributed by atoms with Crippen LogP contribution in [0.1, 0.15) is 18.9 Å². The molecule has 0 fully saturated rings. The van der Waals surface area contributed by atoms with Crippen molar-refractivity contribution in [3.8, 4) is 0 Å². The van der Waals surface area contributed by atoms with Gasteiger partial charge in [0.2, 0.25) is 0 Å². The largest absolute Gasteiger partial charge is 0.466 e. The van der Waals surface area contributed by atoms with Gasteiger partial charge in [0.1, 0.15) is 5.82 Å². The lowest BCUT2D eigenvalue weighted by molar-refractivity contribution is -0.143. The molecule has 0 radical (unpaired) electrons. The Kier molecular flexibility index (Phi) is 5.63. The molecule has 0 aliphatic carbocycles. The Hall–Kier alpha value is -1.42. The minimum absolute atomic E-state index is 0.182. The summed E-state index contributed by atoms with van der Waals surface area (Å²) in [4.78, 5) is 13.2. The maximum Gasteiger partial charge on any atom is 0.307 e. The van der Waals surface area contributed by atoms with Crippen molar-refractivity contribution in [1.29, 1.82) is 0 Å². The summed E-state index contributed by atoms with van der Waals surface area (Å²) in [6.45, 7) is 3.54. The zero-order valence-corrected chi connectivity index (χ0v) is 10.3. The average molecular weight is 239 g/mol. The van der Waals surface area contributed by atoms with E-state index < -0.39 is 0 Å². The number of esters is 1. The molecule has 0 saturated carbocycles. The van der Waals surface area contributed by atoms with Gasteiger partial charge in [-0.05, 0) is 31.7 Å². The van der Waals surface area contributed by atoms with E-state index >= 15 is 0 Å². The normalized spacial score (nSPS) is 10.6. The minimum Gasteiger partial charge on any atom is -0.466 e. The Bertz CT molecular complexity index is 351. The second kappa shape index (κ2) is 7.01. The van der Waals surface area contributed by atoms with Gasteiger partial charge in [0.25, 0.3) is 0 Å². The van der Waals surface area contributed by atoms with Crippen molar-refractivity contribution in [2.45, 2.75) is 19.9 Å². The number of hydrogen-bond donors (Lipinski definition) is 0. The van der Waals surface area contributed by atoms with Crippen molar-refractivity contribution in [3.05, 3.63) is 35.6 Å². The highest BCUT2D eigenvalue weighted by atomic mass is 19.1. The van der Waals surface area contributed by atoms with Gasteiger partial charge in [-0.3, -0.25) is 4.79 Å². The monoisotopic (exact) mass is 239 g/mol. The van der Waals surface area contributed by atoms with Crippen molar-refractivity contribution in [3.63, 3.8) is 0 Å². The van der Waals surface area contributed by atoms with Crippen LogP contribution in [0.15, 0.2) is 24.3 Å². The van der Waals surface area contributed by atoms with Crippen LogP contribution in [0.4, 0.5) is 4.39 Å². The van der Waals surface area contributed by atoms with Gasteiger partial charge in [0.05, 0.1) is 13.0 Å². The highest BCUT2D eigenvalue weighted by molar-refractivity contribution is 5.69. The molecule has 0 aliphatic heterocycles. The van der Waals surface area contributed by atoms with Crippen LogP contribution < -0.4 is 0 Å². The van der Waals surface area contributed by atoms with Crippen LogP contribution in [0.2, 0.25) is 0 Å². The Morgan fingerprint density at radius 2 is 2.00 bits per heavy atom. The molecule has 0 atom stereocenters. The first kappa shape index (κ1) is 13.6. The minimum atomic E-state index is -0.233. The number of benzene rings is 1. The molecule has 0 saturated heterocycles. The second-order valence-electron chi connectivity index (χ2n) is 3.92. The fraction of sp³-hybridized carbons (Fsp3) is 0.462. The summed E-state index contributed by atoms with van der Waals surface area (Å²) in [6, 6.07) is 6.37. The maximum atomic E-state index is 12.7. The maximum absolute atomic E-state index is 12.7. The van der Waals surface area contributed by atoms with Gasteiger partial charge in [0.15, 0.2) is 0 Å². The van der Waals surface area contributed by atoms with Crippen molar-refractivity contribution in [1.82, 2.24) is 4.90 Å². The molecule has 0 heterocycles. The van der Waals surface area contributed by atoms with Gasteiger partial charge in [-0.15, -0.1) is 0 Å². The zero-order chi connectivity index (χ0) is 12.7. The fourth-order valence-electron chi connectivity index (χ4n) is 1.50. The first-order valence-electron chi connectivity index (χ1n) is 5.70. The van der Waals surface area contributed by atoms with E-state index in [1.165, 1.54) is 12.1 Å². The van der Waals surface area contributed by atoms with Gasteiger partial charge in [-0.25, -0.2) is 4.39 Å². The van der Waals surface area contributed by atoms with Gasteiger partial charge >= 0.3 is 5.97 Å². The molecule has 0 bridgehead atoms. The van der Waals surface area contributed by atoms with Gasteiger partial charge in [-0.2, -0.15) is 0 Å². The molecule has 3 nitrogen and oxygen atoms in total. The number of ether oxygens (including phenoxy) is 1. The molecule has 17 heavy (non-hydrogen) atoms.